The molecule has 0 aliphatic heterocycles. The van der Waals surface area contributed by atoms with Crippen molar-refractivity contribution in [3.63, 3.8) is 0 Å². The summed E-state index contributed by atoms with van der Waals surface area (Å²) >= 11 is 1.54. The first-order valence-corrected chi connectivity index (χ1v) is 9.77. The molecule has 0 amide bonds. The van der Waals surface area contributed by atoms with Crippen LogP contribution in [0.2, 0.25) is 0 Å². The van der Waals surface area contributed by atoms with Gasteiger partial charge in [0.2, 0.25) is 0 Å². The van der Waals surface area contributed by atoms with Crippen LogP contribution in [0.15, 0.2) is 23.1 Å². The lowest BCUT2D eigenvalue weighted by Gasteiger charge is -2.28. The summed E-state index contributed by atoms with van der Waals surface area (Å²) in [7, 11) is 0. The summed E-state index contributed by atoms with van der Waals surface area (Å²) in [5, 5.41) is 21.3. The van der Waals surface area contributed by atoms with Crippen LogP contribution in [-0.2, 0) is 22.0 Å². The van der Waals surface area contributed by atoms with E-state index in [1.54, 1.807) is 12.3 Å². The molecule has 0 aliphatic carbocycles. The molecule has 0 saturated heterocycles. The standard InChI is InChI=1S/C21H32O3S/c1-14(19(23)24)13-25-10-8-9-15-11-16(20(2,3)4)18(22)17(12-15)21(5,6)7/h11-13,22H,8-10H2,1-7H3,(H,23,24)/b14-13+. The van der Waals surface area contributed by atoms with Crippen LogP contribution in [0.4, 0.5) is 0 Å². The molecule has 0 bridgehead atoms. The summed E-state index contributed by atoms with van der Waals surface area (Å²) in [6.45, 7) is 14.3. The number of aryl methyl sites for hydroxylation is 1. The van der Waals surface area contributed by atoms with Gasteiger partial charge in [-0.2, -0.15) is 0 Å². The second-order valence-electron chi connectivity index (χ2n) is 8.62. The monoisotopic (exact) mass is 364 g/mol. The fraction of sp³-hybridized carbons (Fsp3) is 0.571. The molecule has 0 aliphatic rings. The molecule has 3 nitrogen and oxygen atoms in total. The molecule has 1 aromatic carbocycles. The number of benzene rings is 1. The number of aromatic hydroxyl groups is 1. The van der Waals surface area contributed by atoms with Crippen molar-refractivity contribution >= 4 is 17.7 Å². The Hall–Kier alpha value is -1.42. The summed E-state index contributed by atoms with van der Waals surface area (Å²) in [5.74, 6) is 0.426. The molecule has 25 heavy (non-hydrogen) atoms. The van der Waals surface area contributed by atoms with Gasteiger partial charge < -0.3 is 10.2 Å². The minimum atomic E-state index is -0.865. The number of carboxylic acids is 1. The van der Waals surface area contributed by atoms with E-state index in [9.17, 15) is 9.90 Å². The number of phenolic OH excluding ortho intramolecular Hbond substituents is 1. The third-order valence-corrected chi connectivity index (χ3v) is 5.16. The number of carbonyl (C=O) groups is 1. The van der Waals surface area contributed by atoms with Crippen LogP contribution >= 0.6 is 11.8 Å². The van der Waals surface area contributed by atoms with Gasteiger partial charge in [-0.05, 0) is 58.4 Å². The number of hydrogen-bond donors (Lipinski definition) is 2. The van der Waals surface area contributed by atoms with Crippen molar-refractivity contribution in [2.24, 2.45) is 0 Å². The molecule has 0 radical (unpaired) electrons. The summed E-state index contributed by atoms with van der Waals surface area (Å²) < 4.78 is 0. The molecule has 1 rings (SSSR count). The fourth-order valence-corrected chi connectivity index (χ4v) is 3.36. The maximum Gasteiger partial charge on any atom is 0.331 e. The van der Waals surface area contributed by atoms with E-state index in [2.05, 4.69) is 53.7 Å². The highest BCUT2D eigenvalue weighted by molar-refractivity contribution is 8.02. The van der Waals surface area contributed by atoms with E-state index in [4.69, 9.17) is 5.11 Å². The summed E-state index contributed by atoms with van der Waals surface area (Å²) in [6.07, 6.45) is 1.88. The van der Waals surface area contributed by atoms with Crippen LogP contribution in [0.3, 0.4) is 0 Å². The van der Waals surface area contributed by atoms with E-state index in [-0.39, 0.29) is 10.8 Å². The van der Waals surface area contributed by atoms with E-state index in [1.807, 2.05) is 0 Å². The van der Waals surface area contributed by atoms with Crippen LogP contribution < -0.4 is 0 Å². The molecule has 0 unspecified atom stereocenters. The average Bonchev–Trinajstić information content (AvgIpc) is 2.45. The number of aliphatic carboxylic acids is 1. The number of rotatable bonds is 6. The van der Waals surface area contributed by atoms with Gasteiger partial charge >= 0.3 is 5.97 Å². The number of hydrogen-bond acceptors (Lipinski definition) is 3. The minimum Gasteiger partial charge on any atom is -0.507 e. The Labute approximate surface area is 156 Å². The van der Waals surface area contributed by atoms with Crippen molar-refractivity contribution in [2.75, 3.05) is 5.75 Å². The van der Waals surface area contributed by atoms with Gasteiger partial charge in [-0.15, -0.1) is 11.8 Å². The SMILES string of the molecule is C/C(=C\SCCCc1cc(C(C)(C)C)c(O)c(C(C)(C)C)c1)C(=O)O. The smallest absolute Gasteiger partial charge is 0.331 e. The quantitative estimate of drug-likeness (QED) is 0.506. The lowest BCUT2D eigenvalue weighted by atomic mass is 9.78. The molecular formula is C21H32O3S. The van der Waals surface area contributed by atoms with Crippen molar-refractivity contribution in [1.29, 1.82) is 0 Å². The van der Waals surface area contributed by atoms with Crippen LogP contribution in [-0.4, -0.2) is 21.9 Å². The second kappa shape index (κ2) is 8.31. The van der Waals surface area contributed by atoms with Gasteiger partial charge in [0.05, 0.1) is 0 Å². The van der Waals surface area contributed by atoms with Crippen LogP contribution in [0.5, 0.6) is 5.75 Å². The highest BCUT2D eigenvalue weighted by Gasteiger charge is 2.26. The second-order valence-corrected chi connectivity index (χ2v) is 9.60. The highest BCUT2D eigenvalue weighted by Crippen LogP contribution is 2.40. The maximum absolute atomic E-state index is 10.8. The van der Waals surface area contributed by atoms with E-state index < -0.39 is 5.97 Å². The van der Waals surface area contributed by atoms with Crippen molar-refractivity contribution in [3.8, 4) is 5.75 Å². The highest BCUT2D eigenvalue weighted by atomic mass is 32.2. The van der Waals surface area contributed by atoms with E-state index in [0.717, 1.165) is 29.7 Å². The summed E-state index contributed by atoms with van der Waals surface area (Å²) in [4.78, 5) is 10.8. The lowest BCUT2D eigenvalue weighted by Crippen LogP contribution is -2.18. The Kier molecular flexibility index (Phi) is 7.18. The largest absolute Gasteiger partial charge is 0.507 e. The van der Waals surface area contributed by atoms with Gasteiger partial charge in [0.15, 0.2) is 0 Å². The van der Waals surface area contributed by atoms with E-state index in [1.165, 1.54) is 17.3 Å². The predicted octanol–water partition coefficient (Wildman–Crippen LogP) is 5.64. The molecule has 0 spiro atoms. The number of phenols is 1. The number of thioether (sulfide) groups is 1. The molecule has 2 N–H and O–H groups in total. The molecule has 4 heteroatoms. The zero-order chi connectivity index (χ0) is 19.4. The van der Waals surface area contributed by atoms with Crippen molar-refractivity contribution < 1.29 is 15.0 Å². The first-order chi connectivity index (χ1) is 11.3. The Balaban J connectivity index is 2.94. The molecule has 0 aromatic heterocycles. The van der Waals surface area contributed by atoms with E-state index >= 15 is 0 Å². The zero-order valence-electron chi connectivity index (χ0n) is 16.6. The first-order valence-electron chi connectivity index (χ1n) is 8.72. The van der Waals surface area contributed by atoms with Crippen LogP contribution in [0, 0.1) is 0 Å². The Bertz CT molecular complexity index is 611. The molecule has 0 heterocycles. The summed E-state index contributed by atoms with van der Waals surface area (Å²) in [6, 6.07) is 4.24. The molecule has 0 atom stereocenters. The maximum atomic E-state index is 10.8. The normalized spacial score (nSPS) is 13.2. The van der Waals surface area contributed by atoms with Gasteiger partial charge in [0.1, 0.15) is 5.75 Å². The zero-order valence-corrected chi connectivity index (χ0v) is 17.4. The first kappa shape index (κ1) is 21.6. The van der Waals surface area contributed by atoms with Gasteiger partial charge in [0, 0.05) is 5.57 Å². The van der Waals surface area contributed by atoms with Gasteiger partial charge in [-0.3, -0.25) is 0 Å². The fourth-order valence-electron chi connectivity index (χ4n) is 2.58. The van der Waals surface area contributed by atoms with E-state index in [0.29, 0.717) is 11.3 Å². The topological polar surface area (TPSA) is 57.5 Å². The minimum absolute atomic E-state index is 0.115. The Morgan fingerprint density at radius 3 is 1.96 bits per heavy atom. The third-order valence-electron chi connectivity index (χ3n) is 4.11. The van der Waals surface area contributed by atoms with Crippen molar-refractivity contribution in [2.45, 2.75) is 72.1 Å². The Morgan fingerprint density at radius 1 is 1.08 bits per heavy atom. The predicted molar refractivity (Wildman–Crippen MR) is 108 cm³/mol. The van der Waals surface area contributed by atoms with Gasteiger partial charge in [-0.1, -0.05) is 53.7 Å². The third kappa shape index (κ3) is 6.43. The Morgan fingerprint density at radius 2 is 1.56 bits per heavy atom. The van der Waals surface area contributed by atoms with Crippen LogP contribution in [0.1, 0.15) is 71.6 Å². The van der Waals surface area contributed by atoms with Crippen molar-refractivity contribution in [3.05, 3.63) is 39.8 Å². The molecule has 0 fully saturated rings. The van der Waals surface area contributed by atoms with Crippen LogP contribution in [0.25, 0.3) is 0 Å². The lowest BCUT2D eigenvalue weighted by molar-refractivity contribution is -0.132. The van der Waals surface area contributed by atoms with Gasteiger partial charge in [0.25, 0.3) is 0 Å². The molecule has 1 aromatic rings. The van der Waals surface area contributed by atoms with Gasteiger partial charge in [-0.25, -0.2) is 4.79 Å². The molecule has 0 saturated carbocycles. The van der Waals surface area contributed by atoms with Crippen molar-refractivity contribution in [1.82, 2.24) is 0 Å². The average molecular weight is 365 g/mol. The molecular weight excluding hydrogens is 332 g/mol. The molecule has 140 valence electrons. The summed E-state index contributed by atoms with van der Waals surface area (Å²) in [5.41, 5.74) is 3.35. The number of carboxylic acid groups (broad SMARTS) is 1.